The second kappa shape index (κ2) is 5.24. The van der Waals surface area contributed by atoms with Gasteiger partial charge in [0.1, 0.15) is 0 Å². The zero-order valence-electron chi connectivity index (χ0n) is 7.60. The number of nitrogens with one attached hydrogen (secondary N) is 2. The number of hydrogen-bond donors (Lipinski definition) is 2. The standard InChI is InChI=1S/C8H17N3O/c1-2-9-3-4-11-6-8(12)5-10-7-11/h9-10H,2-7H2,1H3. The van der Waals surface area contributed by atoms with E-state index in [0.29, 0.717) is 13.1 Å². The molecule has 12 heavy (non-hydrogen) atoms. The lowest BCUT2D eigenvalue weighted by Crippen LogP contribution is -2.49. The van der Waals surface area contributed by atoms with E-state index < -0.39 is 0 Å². The predicted molar refractivity (Wildman–Crippen MR) is 48.0 cm³/mol. The maximum Gasteiger partial charge on any atom is 0.160 e. The molecular formula is C8H17N3O. The number of nitrogens with zero attached hydrogens (tertiary/aromatic N) is 1. The smallest absolute Gasteiger partial charge is 0.160 e. The van der Waals surface area contributed by atoms with Gasteiger partial charge >= 0.3 is 0 Å². The molecule has 0 spiro atoms. The molecule has 1 aliphatic heterocycles. The average molecular weight is 171 g/mol. The zero-order valence-corrected chi connectivity index (χ0v) is 7.60. The van der Waals surface area contributed by atoms with E-state index >= 15 is 0 Å². The summed E-state index contributed by atoms with van der Waals surface area (Å²) in [5.41, 5.74) is 0. The van der Waals surface area contributed by atoms with E-state index in [0.717, 1.165) is 26.3 Å². The number of carbonyl (C=O) groups excluding carboxylic acids is 1. The molecule has 0 aromatic carbocycles. The van der Waals surface area contributed by atoms with Crippen molar-refractivity contribution in [3.63, 3.8) is 0 Å². The van der Waals surface area contributed by atoms with Crippen molar-refractivity contribution in [1.29, 1.82) is 0 Å². The van der Waals surface area contributed by atoms with Crippen LogP contribution < -0.4 is 10.6 Å². The van der Waals surface area contributed by atoms with Gasteiger partial charge in [-0.1, -0.05) is 6.92 Å². The molecule has 0 unspecified atom stereocenters. The van der Waals surface area contributed by atoms with Gasteiger partial charge in [-0.2, -0.15) is 0 Å². The molecule has 0 atom stereocenters. The summed E-state index contributed by atoms with van der Waals surface area (Å²) in [6, 6.07) is 0. The first kappa shape index (κ1) is 9.64. The molecule has 0 bridgehead atoms. The molecular weight excluding hydrogens is 154 g/mol. The molecule has 0 radical (unpaired) electrons. The fraction of sp³-hybridized carbons (Fsp3) is 0.875. The lowest BCUT2D eigenvalue weighted by molar-refractivity contribution is -0.121. The minimum absolute atomic E-state index is 0.290. The van der Waals surface area contributed by atoms with E-state index in [4.69, 9.17) is 0 Å². The molecule has 0 amide bonds. The molecule has 4 nitrogen and oxygen atoms in total. The highest BCUT2D eigenvalue weighted by Gasteiger charge is 2.14. The number of rotatable bonds is 4. The van der Waals surface area contributed by atoms with Gasteiger partial charge in [0.15, 0.2) is 5.78 Å². The first-order valence-electron chi connectivity index (χ1n) is 4.48. The van der Waals surface area contributed by atoms with Gasteiger partial charge in [0.2, 0.25) is 0 Å². The van der Waals surface area contributed by atoms with Crippen molar-refractivity contribution in [2.45, 2.75) is 6.92 Å². The van der Waals surface area contributed by atoms with Crippen LogP contribution in [0.25, 0.3) is 0 Å². The molecule has 1 saturated heterocycles. The summed E-state index contributed by atoms with van der Waals surface area (Å²) < 4.78 is 0. The Morgan fingerprint density at radius 3 is 3.17 bits per heavy atom. The Bertz CT molecular complexity index is 149. The monoisotopic (exact) mass is 171 g/mol. The second-order valence-electron chi connectivity index (χ2n) is 3.03. The van der Waals surface area contributed by atoms with Crippen LogP contribution in [0, 0.1) is 0 Å². The summed E-state index contributed by atoms with van der Waals surface area (Å²) in [7, 11) is 0. The maximum atomic E-state index is 11.0. The first-order chi connectivity index (χ1) is 5.83. The third-order valence-electron chi connectivity index (χ3n) is 1.91. The van der Waals surface area contributed by atoms with Crippen LogP contribution in [0.5, 0.6) is 0 Å². The van der Waals surface area contributed by atoms with E-state index in [2.05, 4.69) is 22.5 Å². The van der Waals surface area contributed by atoms with Crippen LogP contribution in [0.2, 0.25) is 0 Å². The van der Waals surface area contributed by atoms with Crippen LogP contribution in [0.4, 0.5) is 0 Å². The molecule has 70 valence electrons. The molecule has 4 heteroatoms. The number of Topliss-reactive ketones (excluding diaryl/α,β-unsaturated/α-hetero) is 1. The number of ketones is 1. The Balaban J connectivity index is 2.10. The van der Waals surface area contributed by atoms with Crippen molar-refractivity contribution in [3.05, 3.63) is 0 Å². The predicted octanol–water partition coefficient (Wildman–Crippen LogP) is -0.972. The Morgan fingerprint density at radius 1 is 1.67 bits per heavy atom. The van der Waals surface area contributed by atoms with Crippen molar-refractivity contribution in [2.24, 2.45) is 0 Å². The van der Waals surface area contributed by atoms with Gasteiger partial charge in [0.05, 0.1) is 13.1 Å². The fourth-order valence-corrected chi connectivity index (χ4v) is 1.29. The van der Waals surface area contributed by atoms with Crippen LogP contribution >= 0.6 is 0 Å². The average Bonchev–Trinajstić information content (AvgIpc) is 2.05. The summed E-state index contributed by atoms with van der Waals surface area (Å²) in [4.78, 5) is 13.1. The summed E-state index contributed by atoms with van der Waals surface area (Å²) in [5, 5.41) is 6.29. The van der Waals surface area contributed by atoms with Crippen molar-refractivity contribution in [1.82, 2.24) is 15.5 Å². The minimum atomic E-state index is 0.290. The van der Waals surface area contributed by atoms with Crippen LogP contribution in [0.1, 0.15) is 6.92 Å². The maximum absolute atomic E-state index is 11.0. The second-order valence-corrected chi connectivity index (χ2v) is 3.03. The lowest BCUT2D eigenvalue weighted by Gasteiger charge is -2.26. The fourth-order valence-electron chi connectivity index (χ4n) is 1.29. The van der Waals surface area contributed by atoms with Gasteiger partial charge in [-0.05, 0) is 6.54 Å². The summed E-state index contributed by atoms with van der Waals surface area (Å²) in [5.74, 6) is 0.290. The van der Waals surface area contributed by atoms with Gasteiger partial charge in [-0.15, -0.1) is 0 Å². The summed E-state index contributed by atoms with van der Waals surface area (Å²) in [6.45, 7) is 6.99. The number of carbonyl (C=O) groups is 1. The molecule has 0 aromatic heterocycles. The van der Waals surface area contributed by atoms with E-state index in [1.165, 1.54) is 0 Å². The zero-order chi connectivity index (χ0) is 8.81. The Kier molecular flexibility index (Phi) is 4.21. The third kappa shape index (κ3) is 3.30. The van der Waals surface area contributed by atoms with Crippen LogP contribution in [0.3, 0.4) is 0 Å². The molecule has 1 heterocycles. The number of likely N-dealkylation sites (N-methyl/N-ethyl adjacent to an activating group) is 1. The lowest BCUT2D eigenvalue weighted by atomic mass is 10.3. The van der Waals surface area contributed by atoms with Gasteiger partial charge in [0.25, 0.3) is 0 Å². The van der Waals surface area contributed by atoms with E-state index in [-0.39, 0.29) is 5.78 Å². The van der Waals surface area contributed by atoms with Gasteiger partial charge in [0, 0.05) is 19.8 Å². The highest BCUT2D eigenvalue weighted by atomic mass is 16.1. The van der Waals surface area contributed by atoms with E-state index in [9.17, 15) is 4.79 Å². The van der Waals surface area contributed by atoms with Crippen molar-refractivity contribution in [3.8, 4) is 0 Å². The third-order valence-corrected chi connectivity index (χ3v) is 1.91. The summed E-state index contributed by atoms with van der Waals surface area (Å²) >= 11 is 0. The van der Waals surface area contributed by atoms with Gasteiger partial charge in [-0.3, -0.25) is 15.0 Å². The molecule has 0 saturated carbocycles. The minimum Gasteiger partial charge on any atom is -0.316 e. The number of hydrogen-bond acceptors (Lipinski definition) is 4. The van der Waals surface area contributed by atoms with Crippen molar-refractivity contribution < 1.29 is 4.79 Å². The molecule has 2 N–H and O–H groups in total. The first-order valence-corrected chi connectivity index (χ1v) is 4.48. The Morgan fingerprint density at radius 2 is 2.50 bits per heavy atom. The Hall–Kier alpha value is -0.450. The SMILES string of the molecule is CCNCCN1CNCC(=O)C1. The van der Waals surface area contributed by atoms with E-state index in [1.54, 1.807) is 0 Å². The van der Waals surface area contributed by atoms with Crippen molar-refractivity contribution in [2.75, 3.05) is 39.4 Å². The molecule has 1 rings (SSSR count). The normalized spacial score (nSPS) is 19.9. The largest absolute Gasteiger partial charge is 0.316 e. The van der Waals surface area contributed by atoms with Gasteiger partial charge < -0.3 is 5.32 Å². The highest BCUT2D eigenvalue weighted by Crippen LogP contribution is 1.90. The van der Waals surface area contributed by atoms with Crippen molar-refractivity contribution >= 4 is 5.78 Å². The van der Waals surface area contributed by atoms with E-state index in [1.807, 2.05) is 0 Å². The quantitative estimate of drug-likeness (QED) is 0.534. The Labute approximate surface area is 73.3 Å². The van der Waals surface area contributed by atoms with Crippen LogP contribution in [0.15, 0.2) is 0 Å². The molecule has 1 fully saturated rings. The molecule has 0 aliphatic carbocycles. The van der Waals surface area contributed by atoms with Crippen LogP contribution in [-0.4, -0.2) is 50.1 Å². The summed E-state index contributed by atoms with van der Waals surface area (Å²) in [6.07, 6.45) is 0. The highest BCUT2D eigenvalue weighted by molar-refractivity contribution is 5.83. The van der Waals surface area contributed by atoms with Crippen LogP contribution in [-0.2, 0) is 4.79 Å². The molecule has 1 aliphatic rings. The molecule has 0 aromatic rings. The van der Waals surface area contributed by atoms with Gasteiger partial charge in [-0.25, -0.2) is 0 Å². The topological polar surface area (TPSA) is 44.4 Å².